The molecule has 0 amide bonds. The summed E-state index contributed by atoms with van der Waals surface area (Å²) in [5.74, 6) is -2.47. The maximum atomic E-state index is 13.9. The highest BCUT2D eigenvalue weighted by atomic mass is 32.2. The summed E-state index contributed by atoms with van der Waals surface area (Å²) in [6.45, 7) is 2.64. The van der Waals surface area contributed by atoms with Crippen LogP contribution < -0.4 is 5.32 Å². The second kappa shape index (κ2) is 6.21. The molecule has 0 saturated carbocycles. The third-order valence-electron chi connectivity index (χ3n) is 3.45. The lowest BCUT2D eigenvalue weighted by molar-refractivity contribution is 0.421. The molecule has 0 unspecified atom stereocenters. The Morgan fingerprint density at radius 3 is 2.62 bits per heavy atom. The molecule has 7 heteroatoms. The maximum absolute atomic E-state index is 13.9. The Hall–Kier alpha value is -1.31. The molecule has 0 atom stereocenters. The molecular weight excluding hydrogens is 298 g/mol. The van der Waals surface area contributed by atoms with Gasteiger partial charge in [0.15, 0.2) is 11.6 Å². The first-order chi connectivity index (χ1) is 9.86. The molecule has 1 heterocycles. The van der Waals surface area contributed by atoms with Crippen LogP contribution in [-0.2, 0) is 16.6 Å². The quantitative estimate of drug-likeness (QED) is 0.865. The minimum absolute atomic E-state index is 0.186. The van der Waals surface area contributed by atoms with Crippen LogP contribution in [0, 0.1) is 11.6 Å². The van der Waals surface area contributed by atoms with E-state index in [1.54, 1.807) is 13.1 Å². The van der Waals surface area contributed by atoms with E-state index in [1.807, 2.05) is 6.92 Å². The fourth-order valence-electron chi connectivity index (χ4n) is 2.22. The van der Waals surface area contributed by atoms with Gasteiger partial charge in [-0.3, -0.25) is 0 Å². The number of halogens is 2. The molecule has 1 aliphatic heterocycles. The van der Waals surface area contributed by atoms with Crippen LogP contribution in [0.2, 0.25) is 0 Å². The summed E-state index contributed by atoms with van der Waals surface area (Å²) in [5.41, 5.74) is 1.48. The summed E-state index contributed by atoms with van der Waals surface area (Å²) in [6, 6.07) is 2.19. The predicted octanol–water partition coefficient (Wildman–Crippen LogP) is 2.02. The molecule has 0 saturated heterocycles. The fraction of sp³-hybridized carbons (Fsp3) is 0.429. The fourth-order valence-corrected chi connectivity index (χ4v) is 3.73. The van der Waals surface area contributed by atoms with Crippen molar-refractivity contribution >= 4 is 10.0 Å². The zero-order valence-corrected chi connectivity index (χ0v) is 12.8. The van der Waals surface area contributed by atoms with E-state index in [-0.39, 0.29) is 19.6 Å². The van der Waals surface area contributed by atoms with E-state index < -0.39 is 26.6 Å². The zero-order chi connectivity index (χ0) is 15.6. The van der Waals surface area contributed by atoms with Crippen molar-refractivity contribution in [3.8, 4) is 0 Å². The number of nitrogens with one attached hydrogen (secondary N) is 1. The van der Waals surface area contributed by atoms with Crippen LogP contribution in [-0.4, -0.2) is 32.9 Å². The van der Waals surface area contributed by atoms with E-state index in [0.717, 1.165) is 11.6 Å². The van der Waals surface area contributed by atoms with Gasteiger partial charge in [-0.05, 0) is 38.1 Å². The number of hydrogen-bond donors (Lipinski definition) is 1. The van der Waals surface area contributed by atoms with Crippen LogP contribution in [0.5, 0.6) is 0 Å². The van der Waals surface area contributed by atoms with Crippen LogP contribution in [0.25, 0.3) is 0 Å². The van der Waals surface area contributed by atoms with Gasteiger partial charge in [0, 0.05) is 19.6 Å². The highest BCUT2D eigenvalue weighted by molar-refractivity contribution is 7.89. The predicted molar refractivity (Wildman–Crippen MR) is 76.3 cm³/mol. The minimum Gasteiger partial charge on any atom is -0.316 e. The van der Waals surface area contributed by atoms with Crippen molar-refractivity contribution in [2.24, 2.45) is 0 Å². The normalized spacial score (nSPS) is 16.9. The van der Waals surface area contributed by atoms with Gasteiger partial charge in [-0.25, -0.2) is 17.2 Å². The van der Waals surface area contributed by atoms with Crippen molar-refractivity contribution in [2.45, 2.75) is 24.8 Å². The second-order valence-electron chi connectivity index (χ2n) is 5.08. The van der Waals surface area contributed by atoms with Gasteiger partial charge >= 0.3 is 0 Å². The number of benzene rings is 1. The van der Waals surface area contributed by atoms with Gasteiger partial charge in [0.05, 0.1) is 0 Å². The first-order valence-electron chi connectivity index (χ1n) is 6.64. The Bertz CT molecular complexity index is 672. The molecule has 2 rings (SSSR count). The summed E-state index contributed by atoms with van der Waals surface area (Å²) in [7, 11) is -2.39. The molecule has 0 aliphatic carbocycles. The molecule has 1 aromatic carbocycles. The van der Waals surface area contributed by atoms with Gasteiger partial charge in [0.1, 0.15) is 4.90 Å². The highest BCUT2D eigenvalue weighted by Gasteiger charge is 2.30. The number of hydrogen-bond acceptors (Lipinski definition) is 3. The third kappa shape index (κ3) is 3.30. The molecule has 1 N–H and O–H groups in total. The van der Waals surface area contributed by atoms with Gasteiger partial charge < -0.3 is 5.32 Å². The Labute approximate surface area is 123 Å². The third-order valence-corrected chi connectivity index (χ3v) is 5.32. The SMILES string of the molecule is CNCc1cc(F)c(F)c(S(=O)(=O)N2CC=C(C)CC2)c1. The van der Waals surface area contributed by atoms with Crippen molar-refractivity contribution in [1.82, 2.24) is 9.62 Å². The lowest BCUT2D eigenvalue weighted by Gasteiger charge is -2.25. The Balaban J connectivity index is 2.44. The van der Waals surface area contributed by atoms with Crippen molar-refractivity contribution in [3.05, 3.63) is 41.0 Å². The van der Waals surface area contributed by atoms with E-state index in [4.69, 9.17) is 0 Å². The monoisotopic (exact) mass is 316 g/mol. The van der Waals surface area contributed by atoms with Crippen LogP contribution in [0.3, 0.4) is 0 Å². The summed E-state index contributed by atoms with van der Waals surface area (Å²) in [4.78, 5) is -0.597. The van der Waals surface area contributed by atoms with Crippen LogP contribution >= 0.6 is 0 Å². The van der Waals surface area contributed by atoms with Crippen molar-refractivity contribution in [1.29, 1.82) is 0 Å². The van der Waals surface area contributed by atoms with Crippen LogP contribution in [0.15, 0.2) is 28.7 Å². The number of rotatable bonds is 4. The molecule has 0 bridgehead atoms. The topological polar surface area (TPSA) is 49.4 Å². The highest BCUT2D eigenvalue weighted by Crippen LogP contribution is 2.25. The lowest BCUT2D eigenvalue weighted by Crippen LogP contribution is -2.35. The summed E-state index contributed by atoms with van der Waals surface area (Å²) in [6.07, 6.45) is 2.38. The summed E-state index contributed by atoms with van der Waals surface area (Å²) >= 11 is 0. The average Bonchev–Trinajstić information content (AvgIpc) is 2.43. The van der Waals surface area contributed by atoms with E-state index in [0.29, 0.717) is 12.0 Å². The summed E-state index contributed by atoms with van der Waals surface area (Å²) < 4.78 is 53.7. The lowest BCUT2D eigenvalue weighted by atomic mass is 10.1. The minimum atomic E-state index is -4.03. The van der Waals surface area contributed by atoms with Gasteiger partial charge in [-0.1, -0.05) is 11.6 Å². The molecule has 4 nitrogen and oxygen atoms in total. The first-order valence-corrected chi connectivity index (χ1v) is 8.08. The molecule has 0 fully saturated rings. The molecule has 0 aromatic heterocycles. The first kappa shape index (κ1) is 16.1. The molecule has 1 aromatic rings. The van der Waals surface area contributed by atoms with Crippen molar-refractivity contribution in [2.75, 3.05) is 20.1 Å². The average molecular weight is 316 g/mol. The van der Waals surface area contributed by atoms with Crippen LogP contribution in [0.1, 0.15) is 18.9 Å². The molecular formula is C14H18F2N2O2S. The molecule has 0 radical (unpaired) electrons. The Kier molecular flexibility index (Phi) is 4.75. The van der Waals surface area contributed by atoms with Crippen molar-refractivity contribution < 1.29 is 17.2 Å². The number of nitrogens with zero attached hydrogens (tertiary/aromatic N) is 1. The van der Waals surface area contributed by atoms with Gasteiger partial charge in [0.2, 0.25) is 10.0 Å². The Morgan fingerprint density at radius 1 is 1.33 bits per heavy atom. The maximum Gasteiger partial charge on any atom is 0.246 e. The largest absolute Gasteiger partial charge is 0.316 e. The standard InChI is InChI=1S/C14H18F2N2O2S/c1-10-3-5-18(6-4-10)21(19,20)13-8-11(9-17-2)7-12(15)14(13)16/h3,7-8,17H,4-6,9H2,1-2H3. The zero-order valence-electron chi connectivity index (χ0n) is 12.0. The van der Waals surface area contributed by atoms with E-state index in [1.165, 1.54) is 10.4 Å². The van der Waals surface area contributed by atoms with Gasteiger partial charge in [0.25, 0.3) is 0 Å². The van der Waals surface area contributed by atoms with E-state index in [9.17, 15) is 17.2 Å². The van der Waals surface area contributed by atoms with E-state index in [2.05, 4.69) is 5.32 Å². The number of sulfonamides is 1. The molecule has 0 spiro atoms. The van der Waals surface area contributed by atoms with Gasteiger partial charge in [-0.2, -0.15) is 4.31 Å². The second-order valence-corrected chi connectivity index (χ2v) is 6.99. The molecule has 1 aliphatic rings. The smallest absolute Gasteiger partial charge is 0.246 e. The van der Waals surface area contributed by atoms with Gasteiger partial charge in [-0.15, -0.1) is 0 Å². The molecule has 116 valence electrons. The van der Waals surface area contributed by atoms with Crippen LogP contribution in [0.4, 0.5) is 8.78 Å². The summed E-state index contributed by atoms with van der Waals surface area (Å²) in [5, 5.41) is 2.79. The van der Waals surface area contributed by atoms with E-state index >= 15 is 0 Å². The Morgan fingerprint density at radius 2 is 2.05 bits per heavy atom. The molecule has 21 heavy (non-hydrogen) atoms. The van der Waals surface area contributed by atoms with Crippen molar-refractivity contribution in [3.63, 3.8) is 0 Å².